The number of rotatable bonds is 4. The number of ether oxygens (including phenoxy) is 1. The third-order valence-corrected chi connectivity index (χ3v) is 4.16. The number of aryl methyl sites for hydroxylation is 2. The molecule has 0 spiro atoms. The maximum Gasteiger partial charge on any atom is 0.256 e. The van der Waals surface area contributed by atoms with Crippen molar-refractivity contribution in [2.75, 3.05) is 17.3 Å². The van der Waals surface area contributed by atoms with E-state index < -0.39 is 6.04 Å². The van der Waals surface area contributed by atoms with Gasteiger partial charge >= 0.3 is 0 Å². The van der Waals surface area contributed by atoms with Crippen molar-refractivity contribution in [3.8, 4) is 5.75 Å². The Hall–Kier alpha value is -2.82. The number of imide groups is 1. The lowest BCUT2D eigenvalue weighted by Gasteiger charge is -2.19. The van der Waals surface area contributed by atoms with Crippen LogP contribution < -0.4 is 15.0 Å². The van der Waals surface area contributed by atoms with Gasteiger partial charge in [0.25, 0.3) is 5.91 Å². The summed E-state index contributed by atoms with van der Waals surface area (Å²) in [6.07, 6.45) is 0.142. The number of hydrogen-bond donors (Lipinski definition) is 1. The fourth-order valence-corrected chi connectivity index (χ4v) is 2.87. The Kier molecular flexibility index (Phi) is 4.25. The minimum absolute atomic E-state index is 0.142. The summed E-state index contributed by atoms with van der Waals surface area (Å²) in [6, 6.07) is 12.5. The summed E-state index contributed by atoms with van der Waals surface area (Å²) in [7, 11) is 1.59. The molecule has 124 valence electrons. The third kappa shape index (κ3) is 2.97. The topological polar surface area (TPSA) is 58.6 Å². The smallest absolute Gasteiger partial charge is 0.256 e. The number of carbonyl (C=O) groups is 2. The Balaban J connectivity index is 1.85. The first kappa shape index (κ1) is 16.1. The molecule has 0 aliphatic carbocycles. The first-order valence-corrected chi connectivity index (χ1v) is 7.84. The fraction of sp³-hybridized carbons (Fsp3) is 0.263. The number of nitrogens with one attached hydrogen (secondary N) is 1. The first-order chi connectivity index (χ1) is 11.5. The van der Waals surface area contributed by atoms with Gasteiger partial charge in [0, 0.05) is 11.8 Å². The molecule has 2 aromatic carbocycles. The highest BCUT2D eigenvalue weighted by molar-refractivity contribution is 6.23. The average molecular weight is 324 g/mol. The summed E-state index contributed by atoms with van der Waals surface area (Å²) in [5.41, 5.74) is 3.34. The molecule has 24 heavy (non-hydrogen) atoms. The molecule has 0 radical (unpaired) electrons. The van der Waals surface area contributed by atoms with Crippen molar-refractivity contribution < 1.29 is 14.3 Å². The van der Waals surface area contributed by atoms with Crippen LogP contribution >= 0.6 is 0 Å². The number of amides is 2. The van der Waals surface area contributed by atoms with Crippen LogP contribution in [0.5, 0.6) is 5.75 Å². The van der Waals surface area contributed by atoms with Crippen LogP contribution in [0.1, 0.15) is 17.5 Å². The van der Waals surface area contributed by atoms with E-state index in [0.29, 0.717) is 11.4 Å². The van der Waals surface area contributed by atoms with Gasteiger partial charge in [0.2, 0.25) is 5.91 Å². The van der Waals surface area contributed by atoms with Gasteiger partial charge in [-0.3, -0.25) is 9.59 Å². The summed E-state index contributed by atoms with van der Waals surface area (Å²) in [5, 5.41) is 3.14. The molecular formula is C19H20N2O3. The quantitative estimate of drug-likeness (QED) is 0.878. The maximum absolute atomic E-state index is 12.8. The van der Waals surface area contributed by atoms with Crippen molar-refractivity contribution >= 4 is 23.2 Å². The normalized spacial score (nSPS) is 17.3. The molecule has 0 bridgehead atoms. The Bertz CT molecular complexity index is 801. The monoisotopic (exact) mass is 324 g/mol. The molecule has 1 atom stereocenters. The molecule has 5 nitrogen and oxygen atoms in total. The van der Waals surface area contributed by atoms with E-state index in [1.54, 1.807) is 13.2 Å². The van der Waals surface area contributed by atoms with Gasteiger partial charge in [-0.1, -0.05) is 18.2 Å². The number of hydrogen-bond acceptors (Lipinski definition) is 4. The molecule has 1 aliphatic rings. The van der Waals surface area contributed by atoms with Crippen molar-refractivity contribution in [2.45, 2.75) is 26.3 Å². The van der Waals surface area contributed by atoms with E-state index in [1.165, 1.54) is 4.90 Å². The molecule has 1 fully saturated rings. The van der Waals surface area contributed by atoms with E-state index in [4.69, 9.17) is 4.74 Å². The Morgan fingerprint density at radius 1 is 1.12 bits per heavy atom. The van der Waals surface area contributed by atoms with Gasteiger partial charge in [-0.2, -0.15) is 0 Å². The van der Waals surface area contributed by atoms with Crippen LogP contribution in [-0.4, -0.2) is 25.0 Å². The van der Waals surface area contributed by atoms with Gasteiger partial charge in [-0.15, -0.1) is 0 Å². The second kappa shape index (κ2) is 6.35. The zero-order chi connectivity index (χ0) is 17.3. The summed E-state index contributed by atoms with van der Waals surface area (Å²) in [4.78, 5) is 26.5. The van der Waals surface area contributed by atoms with E-state index in [0.717, 1.165) is 16.8 Å². The molecule has 1 aliphatic heterocycles. The summed E-state index contributed by atoms with van der Waals surface area (Å²) in [6.45, 7) is 3.85. The van der Waals surface area contributed by atoms with Crippen LogP contribution in [0.3, 0.4) is 0 Å². The van der Waals surface area contributed by atoms with Crippen LogP contribution in [0.25, 0.3) is 0 Å². The van der Waals surface area contributed by atoms with Gasteiger partial charge < -0.3 is 10.1 Å². The minimum Gasteiger partial charge on any atom is -0.497 e. The third-order valence-electron chi connectivity index (χ3n) is 4.16. The molecule has 2 amide bonds. The van der Waals surface area contributed by atoms with Gasteiger partial charge in [0.15, 0.2) is 0 Å². The van der Waals surface area contributed by atoms with Crippen molar-refractivity contribution in [1.82, 2.24) is 0 Å². The Labute approximate surface area is 141 Å². The highest BCUT2D eigenvalue weighted by atomic mass is 16.5. The molecule has 3 rings (SSSR count). The summed E-state index contributed by atoms with van der Waals surface area (Å²) in [5.74, 6) is 0.286. The highest BCUT2D eigenvalue weighted by Crippen LogP contribution is 2.29. The first-order valence-electron chi connectivity index (χ1n) is 7.84. The van der Waals surface area contributed by atoms with Crippen molar-refractivity contribution in [3.63, 3.8) is 0 Å². The molecule has 0 saturated carbocycles. The van der Waals surface area contributed by atoms with Gasteiger partial charge in [0.1, 0.15) is 11.8 Å². The van der Waals surface area contributed by atoms with Crippen molar-refractivity contribution in [3.05, 3.63) is 53.6 Å². The van der Waals surface area contributed by atoms with Gasteiger partial charge in [0.05, 0.1) is 19.2 Å². The zero-order valence-corrected chi connectivity index (χ0v) is 14.0. The number of nitrogens with zero attached hydrogens (tertiary/aromatic N) is 1. The predicted octanol–water partition coefficient (Wildman–Crippen LogP) is 3.06. The van der Waals surface area contributed by atoms with Crippen LogP contribution in [0.4, 0.5) is 11.4 Å². The van der Waals surface area contributed by atoms with E-state index in [9.17, 15) is 9.59 Å². The molecule has 1 heterocycles. The zero-order valence-electron chi connectivity index (χ0n) is 14.0. The summed E-state index contributed by atoms with van der Waals surface area (Å²) >= 11 is 0. The fourth-order valence-electron chi connectivity index (χ4n) is 2.87. The SMILES string of the molecule is COc1cccc(NC2CC(=O)N(c3cc(C)ccc3C)C2=O)c1. The average Bonchev–Trinajstić information content (AvgIpc) is 2.84. The van der Waals surface area contributed by atoms with Crippen molar-refractivity contribution in [2.24, 2.45) is 0 Å². The molecule has 0 aromatic heterocycles. The molecule has 2 aromatic rings. The van der Waals surface area contributed by atoms with E-state index in [2.05, 4.69) is 5.32 Å². The van der Waals surface area contributed by atoms with Crippen LogP contribution in [-0.2, 0) is 9.59 Å². The second-order valence-electron chi connectivity index (χ2n) is 5.99. The molecular weight excluding hydrogens is 304 g/mol. The Morgan fingerprint density at radius 3 is 2.67 bits per heavy atom. The van der Waals surface area contributed by atoms with Crippen LogP contribution in [0.2, 0.25) is 0 Å². The van der Waals surface area contributed by atoms with E-state index in [-0.39, 0.29) is 18.2 Å². The molecule has 1 saturated heterocycles. The predicted molar refractivity (Wildman–Crippen MR) is 93.4 cm³/mol. The molecule has 5 heteroatoms. The largest absolute Gasteiger partial charge is 0.497 e. The summed E-state index contributed by atoms with van der Waals surface area (Å²) < 4.78 is 5.18. The molecule has 1 N–H and O–H groups in total. The number of carbonyl (C=O) groups excluding carboxylic acids is 2. The lowest BCUT2D eigenvalue weighted by Crippen LogP contribution is -2.35. The lowest BCUT2D eigenvalue weighted by atomic mass is 10.1. The van der Waals surface area contributed by atoms with Crippen molar-refractivity contribution in [1.29, 1.82) is 0 Å². The maximum atomic E-state index is 12.8. The van der Waals surface area contributed by atoms with E-state index >= 15 is 0 Å². The number of benzene rings is 2. The lowest BCUT2D eigenvalue weighted by molar-refractivity contribution is -0.121. The Morgan fingerprint density at radius 2 is 1.92 bits per heavy atom. The van der Waals surface area contributed by atoms with Crippen LogP contribution in [0.15, 0.2) is 42.5 Å². The van der Waals surface area contributed by atoms with Gasteiger partial charge in [-0.05, 0) is 43.2 Å². The van der Waals surface area contributed by atoms with E-state index in [1.807, 2.05) is 50.2 Å². The second-order valence-corrected chi connectivity index (χ2v) is 5.99. The highest BCUT2D eigenvalue weighted by Gasteiger charge is 2.40. The van der Waals surface area contributed by atoms with Gasteiger partial charge in [-0.25, -0.2) is 4.90 Å². The number of methoxy groups -OCH3 is 1. The minimum atomic E-state index is -0.565. The standard InChI is InChI=1S/C19H20N2O3/c1-12-7-8-13(2)17(9-12)21-18(22)11-16(19(21)23)20-14-5-4-6-15(10-14)24-3/h4-10,16,20H,11H2,1-3H3. The van der Waals surface area contributed by atoms with Crippen LogP contribution in [0, 0.1) is 13.8 Å². The number of anilines is 2. The molecule has 1 unspecified atom stereocenters.